The number of methoxy groups -OCH3 is 1. The highest BCUT2D eigenvalue weighted by atomic mass is 16.6. The Kier molecular flexibility index (Phi) is 5.29. The summed E-state index contributed by atoms with van der Waals surface area (Å²) in [7, 11) is 1.20. The third-order valence-corrected chi connectivity index (χ3v) is 5.63. The number of non-ortho nitro benzene ring substituents is 1. The largest absolute Gasteiger partial charge is 0.465 e. The SMILES string of the molecule is COC(=O)C1=C(N)OC2=C(C(=O)C[C@@H](c3ccccc3)C2)[C@H]1c1cccc([N+](=O)[O-])c1. The fourth-order valence-corrected chi connectivity index (χ4v) is 4.23. The van der Waals surface area contributed by atoms with Crippen LogP contribution in [0.15, 0.2) is 77.4 Å². The number of nitro benzene ring substituents is 1. The van der Waals surface area contributed by atoms with Crippen molar-refractivity contribution >= 4 is 17.4 Å². The molecule has 0 saturated carbocycles. The van der Waals surface area contributed by atoms with Crippen LogP contribution in [0.5, 0.6) is 0 Å². The van der Waals surface area contributed by atoms with Crippen molar-refractivity contribution < 1.29 is 24.0 Å². The summed E-state index contributed by atoms with van der Waals surface area (Å²) in [6.45, 7) is 0. The van der Waals surface area contributed by atoms with Crippen molar-refractivity contribution in [1.29, 1.82) is 0 Å². The highest BCUT2D eigenvalue weighted by molar-refractivity contribution is 6.03. The Morgan fingerprint density at radius 2 is 1.84 bits per heavy atom. The molecule has 2 N–H and O–H groups in total. The molecule has 2 atom stereocenters. The summed E-state index contributed by atoms with van der Waals surface area (Å²) < 4.78 is 10.6. The fraction of sp³-hybridized carbons (Fsp3) is 0.217. The third-order valence-electron chi connectivity index (χ3n) is 5.63. The zero-order valence-corrected chi connectivity index (χ0v) is 16.7. The highest BCUT2D eigenvalue weighted by Crippen LogP contribution is 2.47. The first-order valence-corrected chi connectivity index (χ1v) is 9.72. The van der Waals surface area contributed by atoms with Gasteiger partial charge in [-0.1, -0.05) is 42.5 Å². The maximum atomic E-state index is 13.3. The molecule has 2 aromatic carbocycles. The molecule has 1 aliphatic heterocycles. The minimum atomic E-state index is -0.902. The average Bonchev–Trinajstić information content (AvgIpc) is 2.78. The van der Waals surface area contributed by atoms with E-state index in [1.807, 2.05) is 30.3 Å². The monoisotopic (exact) mass is 420 g/mol. The Bertz CT molecular complexity index is 1140. The molecule has 0 spiro atoms. The van der Waals surface area contributed by atoms with Crippen LogP contribution in [0.1, 0.15) is 35.8 Å². The van der Waals surface area contributed by atoms with E-state index in [1.165, 1.54) is 25.3 Å². The lowest BCUT2D eigenvalue weighted by Crippen LogP contribution is -2.32. The molecule has 0 aromatic heterocycles. The van der Waals surface area contributed by atoms with Gasteiger partial charge in [0.15, 0.2) is 5.78 Å². The number of ketones is 1. The van der Waals surface area contributed by atoms with Gasteiger partial charge in [-0.25, -0.2) is 4.79 Å². The maximum Gasteiger partial charge on any atom is 0.340 e. The van der Waals surface area contributed by atoms with Gasteiger partial charge in [-0.15, -0.1) is 0 Å². The molecule has 0 bridgehead atoms. The van der Waals surface area contributed by atoms with Gasteiger partial charge in [0.1, 0.15) is 11.3 Å². The zero-order chi connectivity index (χ0) is 22.1. The number of ether oxygens (including phenoxy) is 2. The van der Waals surface area contributed by atoms with Gasteiger partial charge in [0.25, 0.3) is 5.69 Å². The predicted molar refractivity (Wildman–Crippen MR) is 111 cm³/mol. The molecule has 2 aliphatic rings. The number of hydrogen-bond donors (Lipinski definition) is 1. The van der Waals surface area contributed by atoms with Crippen LogP contribution < -0.4 is 5.73 Å². The number of carbonyl (C=O) groups is 2. The molecule has 0 amide bonds. The van der Waals surface area contributed by atoms with Gasteiger partial charge < -0.3 is 15.2 Å². The second-order valence-corrected chi connectivity index (χ2v) is 7.43. The van der Waals surface area contributed by atoms with E-state index in [2.05, 4.69) is 0 Å². The van der Waals surface area contributed by atoms with Gasteiger partial charge in [0.2, 0.25) is 5.88 Å². The summed E-state index contributed by atoms with van der Waals surface area (Å²) in [5.41, 5.74) is 7.60. The number of nitrogens with zero attached hydrogens (tertiary/aromatic N) is 1. The van der Waals surface area contributed by atoms with E-state index in [0.717, 1.165) is 5.56 Å². The van der Waals surface area contributed by atoms with E-state index in [4.69, 9.17) is 15.2 Å². The van der Waals surface area contributed by atoms with Crippen molar-refractivity contribution in [3.63, 3.8) is 0 Å². The van der Waals surface area contributed by atoms with Crippen LogP contribution in [-0.2, 0) is 19.1 Å². The fourth-order valence-electron chi connectivity index (χ4n) is 4.23. The maximum absolute atomic E-state index is 13.3. The summed E-state index contributed by atoms with van der Waals surface area (Å²) in [5, 5.41) is 11.3. The van der Waals surface area contributed by atoms with Gasteiger partial charge in [-0.05, 0) is 17.0 Å². The highest BCUT2D eigenvalue weighted by Gasteiger charge is 2.43. The van der Waals surface area contributed by atoms with Crippen molar-refractivity contribution in [3.05, 3.63) is 98.6 Å². The molecule has 8 heteroatoms. The molecule has 2 aromatic rings. The molecule has 0 unspecified atom stereocenters. The molecule has 0 radical (unpaired) electrons. The number of rotatable bonds is 4. The summed E-state index contributed by atoms with van der Waals surface area (Å²) >= 11 is 0. The van der Waals surface area contributed by atoms with Crippen LogP contribution in [0.3, 0.4) is 0 Å². The number of nitrogens with two attached hydrogens (primary N) is 1. The standard InChI is InChI=1S/C23H20N2O6/c1-30-23(27)21-19(14-8-5-9-16(10-14)25(28)29)20-17(26)11-15(12-18(20)31-22(21)24)13-6-3-2-4-7-13/h2-10,15,19H,11-12,24H2,1H3/t15-,19-/m1/s1. The number of nitro groups is 1. The van der Waals surface area contributed by atoms with Gasteiger partial charge in [0, 0.05) is 30.5 Å². The smallest absolute Gasteiger partial charge is 0.340 e. The molecule has 0 saturated heterocycles. The number of Topliss-reactive ketones (excluding diaryl/α,β-unsaturated/α-hetero) is 1. The van der Waals surface area contributed by atoms with Crippen LogP contribution in [0.25, 0.3) is 0 Å². The van der Waals surface area contributed by atoms with E-state index >= 15 is 0 Å². The van der Waals surface area contributed by atoms with Crippen LogP contribution in [-0.4, -0.2) is 23.8 Å². The molecule has 31 heavy (non-hydrogen) atoms. The first kappa shape index (κ1) is 20.3. The number of hydrogen-bond acceptors (Lipinski definition) is 7. The first-order chi connectivity index (χ1) is 14.9. The molecule has 8 nitrogen and oxygen atoms in total. The Morgan fingerprint density at radius 1 is 1.13 bits per heavy atom. The summed E-state index contributed by atoms with van der Waals surface area (Å²) in [6.07, 6.45) is 0.650. The summed E-state index contributed by atoms with van der Waals surface area (Å²) in [6, 6.07) is 15.4. The van der Waals surface area contributed by atoms with E-state index in [9.17, 15) is 19.7 Å². The van der Waals surface area contributed by atoms with Crippen molar-refractivity contribution in [2.24, 2.45) is 5.73 Å². The molecular formula is C23H20N2O6. The van der Waals surface area contributed by atoms with Crippen LogP contribution >= 0.6 is 0 Å². The van der Waals surface area contributed by atoms with Crippen molar-refractivity contribution in [3.8, 4) is 0 Å². The van der Waals surface area contributed by atoms with Gasteiger partial charge in [0.05, 0.1) is 18.0 Å². The molecule has 158 valence electrons. The van der Waals surface area contributed by atoms with Gasteiger partial charge in [-0.2, -0.15) is 0 Å². The van der Waals surface area contributed by atoms with Crippen LogP contribution in [0.2, 0.25) is 0 Å². The molecular weight excluding hydrogens is 400 g/mol. The van der Waals surface area contributed by atoms with E-state index < -0.39 is 16.8 Å². The van der Waals surface area contributed by atoms with E-state index in [1.54, 1.807) is 6.07 Å². The van der Waals surface area contributed by atoms with Crippen molar-refractivity contribution in [1.82, 2.24) is 0 Å². The lowest BCUT2D eigenvalue weighted by Gasteiger charge is -2.35. The Balaban J connectivity index is 1.84. The third kappa shape index (κ3) is 3.68. The Hall–Kier alpha value is -3.94. The van der Waals surface area contributed by atoms with Gasteiger partial charge >= 0.3 is 5.97 Å². The van der Waals surface area contributed by atoms with E-state index in [0.29, 0.717) is 23.3 Å². The van der Waals surface area contributed by atoms with E-state index in [-0.39, 0.29) is 35.3 Å². The molecule has 4 rings (SSSR count). The average molecular weight is 420 g/mol. The quantitative estimate of drug-likeness (QED) is 0.457. The molecule has 1 aliphatic carbocycles. The number of allylic oxidation sites excluding steroid dienone is 2. The number of carbonyl (C=O) groups excluding carboxylic acids is 2. The molecule has 0 fully saturated rings. The minimum Gasteiger partial charge on any atom is -0.465 e. The number of esters is 1. The minimum absolute atomic E-state index is 0.0340. The first-order valence-electron chi connectivity index (χ1n) is 9.72. The van der Waals surface area contributed by atoms with Crippen LogP contribution in [0, 0.1) is 10.1 Å². The summed E-state index contributed by atoms with van der Waals surface area (Å²) in [4.78, 5) is 36.6. The predicted octanol–water partition coefficient (Wildman–Crippen LogP) is 3.45. The molecule has 1 heterocycles. The Labute approximate surface area is 178 Å². The topological polar surface area (TPSA) is 122 Å². The van der Waals surface area contributed by atoms with Crippen LogP contribution in [0.4, 0.5) is 5.69 Å². The summed E-state index contributed by atoms with van der Waals surface area (Å²) in [5.74, 6) is -1.72. The van der Waals surface area contributed by atoms with Crippen molar-refractivity contribution in [2.45, 2.75) is 24.7 Å². The second-order valence-electron chi connectivity index (χ2n) is 7.43. The lowest BCUT2D eigenvalue weighted by molar-refractivity contribution is -0.384. The normalized spacial score (nSPS) is 20.7. The Morgan fingerprint density at radius 3 is 2.52 bits per heavy atom. The zero-order valence-electron chi connectivity index (χ0n) is 16.7. The van der Waals surface area contributed by atoms with Crippen molar-refractivity contribution in [2.75, 3.05) is 7.11 Å². The lowest BCUT2D eigenvalue weighted by atomic mass is 9.73. The second kappa shape index (κ2) is 8.06. The number of benzene rings is 2. The van der Waals surface area contributed by atoms with Gasteiger partial charge in [-0.3, -0.25) is 14.9 Å².